The summed E-state index contributed by atoms with van der Waals surface area (Å²) in [5.41, 5.74) is -1.37. The molecule has 18 heavy (non-hydrogen) atoms. The van der Waals surface area contributed by atoms with Crippen LogP contribution in [-0.2, 0) is 19.1 Å². The third-order valence-electron chi connectivity index (χ3n) is 3.72. The second kappa shape index (κ2) is 4.90. The van der Waals surface area contributed by atoms with E-state index >= 15 is 0 Å². The van der Waals surface area contributed by atoms with Crippen molar-refractivity contribution in [1.29, 1.82) is 0 Å². The molecule has 2 atom stereocenters. The van der Waals surface area contributed by atoms with Gasteiger partial charge in [-0.1, -0.05) is 20.8 Å². The molecule has 0 N–H and O–H groups in total. The van der Waals surface area contributed by atoms with Gasteiger partial charge in [-0.3, -0.25) is 9.59 Å². The SMILES string of the molecule is CCC(C)(C)C(=O)OC1(C)CC(=O)OC1C(C)C. The van der Waals surface area contributed by atoms with E-state index in [4.69, 9.17) is 9.47 Å². The summed E-state index contributed by atoms with van der Waals surface area (Å²) in [7, 11) is 0. The summed E-state index contributed by atoms with van der Waals surface area (Å²) < 4.78 is 10.9. The number of hydrogen-bond acceptors (Lipinski definition) is 4. The highest BCUT2D eigenvalue weighted by atomic mass is 16.6. The Kier molecular flexibility index (Phi) is 4.08. The summed E-state index contributed by atoms with van der Waals surface area (Å²) in [6, 6.07) is 0. The second-order valence-corrected chi connectivity index (χ2v) is 6.27. The van der Waals surface area contributed by atoms with Crippen LogP contribution in [-0.4, -0.2) is 23.6 Å². The maximum atomic E-state index is 12.1. The number of esters is 2. The Bertz CT molecular complexity index is 346. The predicted molar refractivity (Wildman–Crippen MR) is 67.9 cm³/mol. The lowest BCUT2D eigenvalue weighted by atomic mass is 9.87. The molecule has 1 heterocycles. The van der Waals surface area contributed by atoms with E-state index in [9.17, 15) is 9.59 Å². The monoisotopic (exact) mass is 256 g/mol. The zero-order valence-electron chi connectivity index (χ0n) is 12.2. The second-order valence-electron chi connectivity index (χ2n) is 6.27. The number of hydrogen-bond donors (Lipinski definition) is 0. The molecule has 0 amide bonds. The first-order valence-corrected chi connectivity index (χ1v) is 6.55. The first-order valence-electron chi connectivity index (χ1n) is 6.55. The summed E-state index contributed by atoms with van der Waals surface area (Å²) in [4.78, 5) is 23.6. The first kappa shape index (κ1) is 15.0. The highest BCUT2D eigenvalue weighted by Gasteiger charge is 2.51. The van der Waals surface area contributed by atoms with Crippen LogP contribution in [0.4, 0.5) is 0 Å². The van der Waals surface area contributed by atoms with Crippen LogP contribution in [0.15, 0.2) is 0 Å². The molecule has 0 aromatic rings. The van der Waals surface area contributed by atoms with E-state index in [0.29, 0.717) is 6.42 Å². The van der Waals surface area contributed by atoms with Crippen LogP contribution >= 0.6 is 0 Å². The molecule has 1 aliphatic heterocycles. The van der Waals surface area contributed by atoms with E-state index in [0.717, 1.165) is 0 Å². The molecule has 1 fully saturated rings. The molecule has 1 saturated heterocycles. The Hall–Kier alpha value is -1.06. The Morgan fingerprint density at radius 2 is 2.11 bits per heavy atom. The normalized spacial score (nSPS) is 28.4. The maximum Gasteiger partial charge on any atom is 0.312 e. The van der Waals surface area contributed by atoms with Gasteiger partial charge in [0.05, 0.1) is 11.8 Å². The molecule has 0 aromatic carbocycles. The van der Waals surface area contributed by atoms with Crippen LogP contribution in [0.5, 0.6) is 0 Å². The fourth-order valence-corrected chi connectivity index (χ4v) is 2.12. The molecule has 4 nitrogen and oxygen atoms in total. The van der Waals surface area contributed by atoms with Crippen molar-refractivity contribution in [3.05, 3.63) is 0 Å². The van der Waals surface area contributed by atoms with E-state index < -0.39 is 11.0 Å². The predicted octanol–water partition coefficient (Wildman–Crippen LogP) is 2.70. The summed E-state index contributed by atoms with van der Waals surface area (Å²) in [5, 5.41) is 0. The molecule has 0 aliphatic carbocycles. The quantitative estimate of drug-likeness (QED) is 0.726. The summed E-state index contributed by atoms with van der Waals surface area (Å²) in [6.45, 7) is 11.3. The van der Waals surface area contributed by atoms with Gasteiger partial charge in [-0.05, 0) is 33.1 Å². The standard InChI is InChI=1S/C14H24O4/c1-7-13(4,5)12(16)18-14(6)8-10(15)17-11(14)9(2)3/h9,11H,7-8H2,1-6H3. The van der Waals surface area contributed by atoms with Gasteiger partial charge in [0.25, 0.3) is 0 Å². The molecule has 104 valence electrons. The van der Waals surface area contributed by atoms with Crippen molar-refractivity contribution in [3.8, 4) is 0 Å². The number of rotatable bonds is 4. The lowest BCUT2D eigenvalue weighted by Gasteiger charge is -2.34. The topological polar surface area (TPSA) is 52.6 Å². The Labute approximate surface area is 109 Å². The minimum Gasteiger partial charge on any atom is -0.458 e. The van der Waals surface area contributed by atoms with E-state index in [2.05, 4.69) is 0 Å². The molecule has 1 aliphatic rings. The number of carbonyl (C=O) groups excluding carboxylic acids is 2. The third-order valence-corrected chi connectivity index (χ3v) is 3.72. The molecule has 0 spiro atoms. The molecule has 0 bridgehead atoms. The van der Waals surface area contributed by atoms with Crippen LogP contribution in [0.3, 0.4) is 0 Å². The summed E-state index contributed by atoms with van der Waals surface area (Å²) in [6.07, 6.45) is 0.478. The van der Waals surface area contributed by atoms with Crippen molar-refractivity contribution < 1.29 is 19.1 Å². The third kappa shape index (κ3) is 2.85. The zero-order chi connectivity index (χ0) is 14.1. The van der Waals surface area contributed by atoms with E-state index in [1.807, 2.05) is 34.6 Å². The Morgan fingerprint density at radius 1 is 1.56 bits per heavy atom. The molecule has 0 radical (unpaired) electrons. The molecular formula is C14H24O4. The number of cyclic esters (lactones) is 1. The summed E-state index contributed by atoms with van der Waals surface area (Å²) in [5.74, 6) is -0.436. The first-order chi connectivity index (χ1) is 8.12. The van der Waals surface area contributed by atoms with E-state index in [-0.39, 0.29) is 30.4 Å². The van der Waals surface area contributed by atoms with Crippen molar-refractivity contribution in [1.82, 2.24) is 0 Å². The van der Waals surface area contributed by atoms with Gasteiger partial charge in [-0.25, -0.2) is 0 Å². The molecule has 0 saturated carbocycles. The van der Waals surface area contributed by atoms with Crippen molar-refractivity contribution in [2.24, 2.45) is 11.3 Å². The van der Waals surface area contributed by atoms with Gasteiger partial charge in [-0.2, -0.15) is 0 Å². The largest absolute Gasteiger partial charge is 0.458 e. The highest BCUT2D eigenvalue weighted by molar-refractivity contribution is 5.79. The molecule has 0 aromatic heterocycles. The molecular weight excluding hydrogens is 232 g/mol. The van der Waals surface area contributed by atoms with Gasteiger partial charge in [0.2, 0.25) is 0 Å². The molecule has 1 rings (SSSR count). The van der Waals surface area contributed by atoms with Gasteiger partial charge < -0.3 is 9.47 Å². The fraction of sp³-hybridized carbons (Fsp3) is 0.857. The fourth-order valence-electron chi connectivity index (χ4n) is 2.12. The minimum atomic E-state index is -0.839. The average Bonchev–Trinajstić information content (AvgIpc) is 2.53. The van der Waals surface area contributed by atoms with Crippen LogP contribution in [0.2, 0.25) is 0 Å². The maximum absolute atomic E-state index is 12.1. The smallest absolute Gasteiger partial charge is 0.312 e. The molecule has 2 unspecified atom stereocenters. The van der Waals surface area contributed by atoms with Gasteiger partial charge in [0.1, 0.15) is 6.10 Å². The summed E-state index contributed by atoms with van der Waals surface area (Å²) >= 11 is 0. The van der Waals surface area contributed by atoms with Crippen LogP contribution < -0.4 is 0 Å². The van der Waals surface area contributed by atoms with Crippen molar-refractivity contribution in [2.45, 2.75) is 66.1 Å². The van der Waals surface area contributed by atoms with Crippen LogP contribution in [0.25, 0.3) is 0 Å². The Balaban J connectivity index is 2.87. The minimum absolute atomic E-state index is 0.124. The van der Waals surface area contributed by atoms with Crippen LogP contribution in [0.1, 0.15) is 54.4 Å². The highest BCUT2D eigenvalue weighted by Crippen LogP contribution is 2.37. The zero-order valence-corrected chi connectivity index (χ0v) is 12.2. The van der Waals surface area contributed by atoms with Gasteiger partial charge in [0, 0.05) is 0 Å². The average molecular weight is 256 g/mol. The Morgan fingerprint density at radius 3 is 2.56 bits per heavy atom. The van der Waals surface area contributed by atoms with Gasteiger partial charge >= 0.3 is 11.9 Å². The molecule has 4 heteroatoms. The number of carbonyl (C=O) groups is 2. The van der Waals surface area contributed by atoms with E-state index in [1.54, 1.807) is 6.92 Å². The lowest BCUT2D eigenvalue weighted by Crippen LogP contribution is -2.45. The van der Waals surface area contributed by atoms with E-state index in [1.165, 1.54) is 0 Å². The van der Waals surface area contributed by atoms with Gasteiger partial charge in [-0.15, -0.1) is 0 Å². The van der Waals surface area contributed by atoms with Crippen molar-refractivity contribution in [3.63, 3.8) is 0 Å². The van der Waals surface area contributed by atoms with Gasteiger partial charge in [0.15, 0.2) is 5.60 Å². The number of ether oxygens (including phenoxy) is 2. The van der Waals surface area contributed by atoms with Crippen LogP contribution in [0, 0.1) is 11.3 Å². The van der Waals surface area contributed by atoms with Crippen molar-refractivity contribution >= 4 is 11.9 Å². The lowest BCUT2D eigenvalue weighted by molar-refractivity contribution is -0.177. The van der Waals surface area contributed by atoms with Crippen molar-refractivity contribution in [2.75, 3.05) is 0 Å².